The molecule has 11 heteroatoms. The van der Waals surface area contributed by atoms with Gasteiger partial charge in [0.1, 0.15) is 12.4 Å². The van der Waals surface area contributed by atoms with E-state index in [0.717, 1.165) is 17.8 Å². The third-order valence-corrected chi connectivity index (χ3v) is 5.22. The molecule has 0 saturated heterocycles. The van der Waals surface area contributed by atoms with E-state index in [4.69, 9.17) is 16.3 Å². The lowest BCUT2D eigenvalue weighted by Crippen LogP contribution is -2.18. The topological polar surface area (TPSA) is 69.0 Å². The molecule has 30 heavy (non-hydrogen) atoms. The minimum absolute atomic E-state index is 0.129. The summed E-state index contributed by atoms with van der Waals surface area (Å²) in [5.74, 6) is 0.421. The van der Waals surface area contributed by atoms with Gasteiger partial charge in [-0.1, -0.05) is 35.5 Å². The first-order valence-corrected chi connectivity index (χ1v) is 9.96. The van der Waals surface area contributed by atoms with Crippen molar-refractivity contribution in [1.82, 2.24) is 14.8 Å². The molecule has 1 amide bonds. The number of halogens is 4. The van der Waals surface area contributed by atoms with Gasteiger partial charge in [0.05, 0.1) is 17.0 Å². The van der Waals surface area contributed by atoms with Crippen LogP contribution in [0.2, 0.25) is 5.02 Å². The van der Waals surface area contributed by atoms with Crippen molar-refractivity contribution in [3.05, 3.63) is 64.9 Å². The molecular formula is C19H16ClF3N4O2S. The number of hydrogen-bond acceptors (Lipinski definition) is 5. The van der Waals surface area contributed by atoms with Crippen LogP contribution in [-0.2, 0) is 24.6 Å². The number of nitrogens with zero attached hydrogens (tertiary/aromatic N) is 3. The zero-order valence-electron chi connectivity index (χ0n) is 15.6. The monoisotopic (exact) mass is 456 g/mol. The van der Waals surface area contributed by atoms with E-state index in [9.17, 15) is 18.0 Å². The van der Waals surface area contributed by atoms with Crippen molar-refractivity contribution in [1.29, 1.82) is 0 Å². The van der Waals surface area contributed by atoms with E-state index < -0.39 is 17.6 Å². The Morgan fingerprint density at radius 2 is 1.87 bits per heavy atom. The van der Waals surface area contributed by atoms with Gasteiger partial charge in [-0.05, 0) is 36.4 Å². The van der Waals surface area contributed by atoms with Gasteiger partial charge in [0.15, 0.2) is 11.0 Å². The van der Waals surface area contributed by atoms with Crippen molar-refractivity contribution in [2.45, 2.75) is 17.9 Å². The predicted molar refractivity (Wildman–Crippen MR) is 108 cm³/mol. The number of anilines is 1. The standard InChI is InChI=1S/C19H16ClF3N4O2S/c1-27-16(10-29-13-8-6-12(20)7-9-13)25-26-18(27)30-11-17(28)24-15-5-3-2-4-14(15)19(21,22)23/h2-9H,10-11H2,1H3,(H,24,28). The third kappa shape index (κ3) is 5.67. The minimum Gasteiger partial charge on any atom is -0.486 e. The van der Waals surface area contributed by atoms with Gasteiger partial charge in [-0.2, -0.15) is 13.2 Å². The number of amides is 1. The Bertz CT molecular complexity index is 1030. The number of carbonyl (C=O) groups excluding carboxylic acids is 1. The SMILES string of the molecule is Cn1c(COc2ccc(Cl)cc2)nnc1SCC(=O)Nc1ccccc1C(F)(F)F. The van der Waals surface area contributed by atoms with Crippen LogP contribution in [0, 0.1) is 0 Å². The van der Waals surface area contributed by atoms with Gasteiger partial charge in [-0.15, -0.1) is 10.2 Å². The zero-order chi connectivity index (χ0) is 21.7. The fraction of sp³-hybridized carbons (Fsp3) is 0.211. The van der Waals surface area contributed by atoms with Crippen LogP contribution in [0.1, 0.15) is 11.4 Å². The largest absolute Gasteiger partial charge is 0.486 e. The molecule has 0 aliphatic heterocycles. The normalized spacial score (nSPS) is 11.4. The first-order valence-electron chi connectivity index (χ1n) is 8.59. The second kappa shape index (κ2) is 9.40. The fourth-order valence-electron chi connectivity index (χ4n) is 2.43. The maximum atomic E-state index is 13.0. The van der Waals surface area contributed by atoms with Gasteiger partial charge < -0.3 is 14.6 Å². The molecule has 0 saturated carbocycles. The zero-order valence-corrected chi connectivity index (χ0v) is 17.2. The number of alkyl halides is 3. The maximum absolute atomic E-state index is 13.0. The molecule has 2 aromatic carbocycles. The van der Waals surface area contributed by atoms with Crippen molar-refractivity contribution in [3.63, 3.8) is 0 Å². The molecule has 0 aliphatic carbocycles. The summed E-state index contributed by atoms with van der Waals surface area (Å²) in [7, 11) is 1.71. The molecule has 0 bridgehead atoms. The number of hydrogen-bond donors (Lipinski definition) is 1. The number of aromatic nitrogens is 3. The predicted octanol–water partition coefficient (Wildman–Crippen LogP) is 4.80. The summed E-state index contributed by atoms with van der Waals surface area (Å²) in [6.07, 6.45) is -4.56. The van der Waals surface area contributed by atoms with Crippen LogP contribution in [0.25, 0.3) is 0 Å². The van der Waals surface area contributed by atoms with Crippen LogP contribution in [0.5, 0.6) is 5.75 Å². The Kier molecular flexibility index (Phi) is 6.88. The Hall–Kier alpha value is -2.72. The van der Waals surface area contributed by atoms with E-state index in [1.807, 2.05) is 0 Å². The highest BCUT2D eigenvalue weighted by atomic mass is 35.5. The molecule has 1 heterocycles. The van der Waals surface area contributed by atoms with Crippen LogP contribution in [0.4, 0.5) is 18.9 Å². The number of carbonyl (C=O) groups is 1. The summed E-state index contributed by atoms with van der Waals surface area (Å²) >= 11 is 6.88. The molecule has 0 atom stereocenters. The van der Waals surface area contributed by atoms with Crippen LogP contribution >= 0.6 is 23.4 Å². The van der Waals surface area contributed by atoms with E-state index in [2.05, 4.69) is 15.5 Å². The molecule has 0 fully saturated rings. The summed E-state index contributed by atoms with van der Waals surface area (Å²) < 4.78 is 46.3. The summed E-state index contributed by atoms with van der Waals surface area (Å²) in [4.78, 5) is 12.1. The lowest BCUT2D eigenvalue weighted by atomic mass is 10.1. The number of para-hydroxylation sites is 1. The summed E-state index contributed by atoms with van der Waals surface area (Å²) in [6.45, 7) is 0.150. The van der Waals surface area contributed by atoms with E-state index in [-0.39, 0.29) is 18.0 Å². The lowest BCUT2D eigenvalue weighted by molar-refractivity contribution is -0.137. The van der Waals surface area contributed by atoms with E-state index in [0.29, 0.717) is 21.8 Å². The highest BCUT2D eigenvalue weighted by Gasteiger charge is 2.33. The Balaban J connectivity index is 1.56. The Morgan fingerprint density at radius 1 is 1.17 bits per heavy atom. The molecule has 0 radical (unpaired) electrons. The van der Waals surface area contributed by atoms with Crippen LogP contribution < -0.4 is 10.1 Å². The van der Waals surface area contributed by atoms with Crippen molar-refractivity contribution in [3.8, 4) is 5.75 Å². The quantitative estimate of drug-likeness (QED) is 0.517. The first kappa shape index (κ1) is 22.0. The number of rotatable bonds is 7. The van der Waals surface area contributed by atoms with Crippen molar-refractivity contribution in [2.24, 2.45) is 7.05 Å². The van der Waals surface area contributed by atoms with Gasteiger partial charge in [0.25, 0.3) is 0 Å². The second-order valence-corrected chi connectivity index (χ2v) is 7.46. The maximum Gasteiger partial charge on any atom is 0.418 e. The summed E-state index contributed by atoms with van der Waals surface area (Å²) in [5.41, 5.74) is -1.19. The average Bonchev–Trinajstić information content (AvgIpc) is 3.05. The molecule has 0 unspecified atom stereocenters. The fourth-order valence-corrected chi connectivity index (χ4v) is 3.29. The molecule has 6 nitrogen and oxygen atoms in total. The molecule has 1 N–H and O–H groups in total. The van der Waals surface area contributed by atoms with Crippen molar-refractivity contribution >= 4 is 35.0 Å². The number of ether oxygens (including phenoxy) is 1. The molecule has 158 valence electrons. The lowest BCUT2D eigenvalue weighted by Gasteiger charge is -2.13. The van der Waals surface area contributed by atoms with E-state index >= 15 is 0 Å². The first-order chi connectivity index (χ1) is 14.2. The van der Waals surface area contributed by atoms with Gasteiger partial charge in [-0.25, -0.2) is 0 Å². The number of thioether (sulfide) groups is 1. The highest BCUT2D eigenvalue weighted by Crippen LogP contribution is 2.34. The van der Waals surface area contributed by atoms with Crippen LogP contribution in [0.3, 0.4) is 0 Å². The van der Waals surface area contributed by atoms with Crippen LogP contribution in [0.15, 0.2) is 53.7 Å². The molecule has 1 aromatic heterocycles. The summed E-state index contributed by atoms with van der Waals surface area (Å²) in [5, 5.41) is 11.3. The van der Waals surface area contributed by atoms with Gasteiger partial charge in [0.2, 0.25) is 5.91 Å². The van der Waals surface area contributed by atoms with Gasteiger partial charge in [-0.3, -0.25) is 4.79 Å². The molecule has 3 rings (SSSR count). The third-order valence-electron chi connectivity index (χ3n) is 3.95. The van der Waals surface area contributed by atoms with Crippen molar-refractivity contribution in [2.75, 3.05) is 11.1 Å². The minimum atomic E-state index is -4.56. The second-order valence-electron chi connectivity index (χ2n) is 6.08. The number of nitrogens with one attached hydrogen (secondary N) is 1. The molecule has 3 aromatic rings. The Labute approximate surface area is 179 Å². The van der Waals surface area contributed by atoms with Crippen LogP contribution in [-0.4, -0.2) is 26.4 Å². The summed E-state index contributed by atoms with van der Waals surface area (Å²) in [6, 6.07) is 11.6. The Morgan fingerprint density at radius 3 is 2.57 bits per heavy atom. The van der Waals surface area contributed by atoms with Gasteiger partial charge in [0, 0.05) is 12.1 Å². The molecule has 0 spiro atoms. The smallest absolute Gasteiger partial charge is 0.418 e. The van der Waals surface area contributed by atoms with Crippen molar-refractivity contribution < 1.29 is 22.7 Å². The van der Waals surface area contributed by atoms with E-state index in [1.165, 1.54) is 18.2 Å². The molecule has 0 aliphatic rings. The molecular weight excluding hydrogens is 441 g/mol. The number of benzene rings is 2. The van der Waals surface area contributed by atoms with E-state index in [1.54, 1.807) is 35.9 Å². The average molecular weight is 457 g/mol. The highest BCUT2D eigenvalue weighted by molar-refractivity contribution is 7.99. The van der Waals surface area contributed by atoms with Gasteiger partial charge >= 0.3 is 6.18 Å².